The van der Waals surface area contributed by atoms with E-state index in [0.717, 1.165) is 0 Å². The second-order valence-electron chi connectivity index (χ2n) is 6.75. The number of halogens is 2. The molecule has 30 heavy (non-hydrogen) atoms. The van der Waals surface area contributed by atoms with Crippen LogP contribution in [0, 0.1) is 0 Å². The fourth-order valence-corrected chi connectivity index (χ4v) is 3.47. The summed E-state index contributed by atoms with van der Waals surface area (Å²) < 4.78 is 11.2. The van der Waals surface area contributed by atoms with E-state index in [0.29, 0.717) is 50.8 Å². The number of rotatable bonds is 5. The Balaban J connectivity index is 1.36. The predicted octanol–water partition coefficient (Wildman–Crippen LogP) is 4.94. The Morgan fingerprint density at radius 1 is 1.23 bits per heavy atom. The molecule has 1 aliphatic heterocycles. The van der Waals surface area contributed by atoms with E-state index in [1.54, 1.807) is 49.5 Å². The van der Waals surface area contributed by atoms with Gasteiger partial charge in [0, 0.05) is 29.1 Å². The van der Waals surface area contributed by atoms with E-state index < -0.39 is 6.10 Å². The first-order chi connectivity index (χ1) is 14.4. The number of fused-ring (bicyclic) bond motifs is 1. The highest BCUT2D eigenvalue weighted by molar-refractivity contribution is 6.36. The SMILES string of the molecule is C[C@H]1Oc2ccc(NC(=O)CCc3ncc(-c4ccc(Cl)cc4Cl)o3)cc2NC1=O. The fraction of sp³-hybridized carbons (Fsp3) is 0.190. The van der Waals surface area contributed by atoms with Crippen LogP contribution in [0.25, 0.3) is 11.3 Å². The third kappa shape index (κ3) is 4.42. The number of aryl methyl sites for hydroxylation is 1. The van der Waals surface area contributed by atoms with Crippen LogP contribution in [0.5, 0.6) is 5.75 Å². The first-order valence-corrected chi connectivity index (χ1v) is 9.96. The van der Waals surface area contributed by atoms with Crippen LogP contribution in [0.3, 0.4) is 0 Å². The molecule has 9 heteroatoms. The van der Waals surface area contributed by atoms with E-state index in [9.17, 15) is 9.59 Å². The molecular formula is C21H17Cl2N3O4. The molecule has 0 bridgehead atoms. The first-order valence-electron chi connectivity index (χ1n) is 9.20. The van der Waals surface area contributed by atoms with E-state index in [4.69, 9.17) is 32.4 Å². The van der Waals surface area contributed by atoms with Crippen LogP contribution in [0.4, 0.5) is 11.4 Å². The Bertz CT molecular complexity index is 1130. The van der Waals surface area contributed by atoms with Crippen LogP contribution in [-0.4, -0.2) is 22.9 Å². The van der Waals surface area contributed by atoms with Gasteiger partial charge in [0.2, 0.25) is 5.91 Å². The lowest BCUT2D eigenvalue weighted by Crippen LogP contribution is -2.34. The number of oxazole rings is 1. The number of benzene rings is 2. The second kappa shape index (κ2) is 8.38. The van der Waals surface area contributed by atoms with E-state index in [1.807, 2.05) is 0 Å². The molecule has 0 saturated carbocycles. The molecule has 2 N–H and O–H groups in total. The average molecular weight is 446 g/mol. The molecule has 0 unspecified atom stereocenters. The Morgan fingerprint density at radius 2 is 2.07 bits per heavy atom. The van der Waals surface area contributed by atoms with Crippen LogP contribution in [-0.2, 0) is 16.0 Å². The molecule has 1 atom stereocenters. The van der Waals surface area contributed by atoms with Gasteiger partial charge >= 0.3 is 0 Å². The van der Waals surface area contributed by atoms with Crippen molar-refractivity contribution < 1.29 is 18.7 Å². The molecule has 0 fully saturated rings. The highest BCUT2D eigenvalue weighted by Crippen LogP contribution is 2.33. The minimum Gasteiger partial charge on any atom is -0.479 e. The third-order valence-electron chi connectivity index (χ3n) is 4.51. The summed E-state index contributed by atoms with van der Waals surface area (Å²) in [6.45, 7) is 1.67. The van der Waals surface area contributed by atoms with Gasteiger partial charge in [0.15, 0.2) is 17.8 Å². The van der Waals surface area contributed by atoms with Crippen molar-refractivity contribution >= 4 is 46.4 Å². The smallest absolute Gasteiger partial charge is 0.265 e. The summed E-state index contributed by atoms with van der Waals surface area (Å²) in [4.78, 5) is 28.2. The topological polar surface area (TPSA) is 93.5 Å². The zero-order valence-corrected chi connectivity index (χ0v) is 17.4. The van der Waals surface area contributed by atoms with Crippen LogP contribution in [0.2, 0.25) is 10.0 Å². The number of aromatic nitrogens is 1. The number of amides is 2. The summed E-state index contributed by atoms with van der Waals surface area (Å²) in [5.74, 6) is 1.05. The molecular weight excluding hydrogens is 429 g/mol. The molecule has 154 valence electrons. The number of hydrogen-bond acceptors (Lipinski definition) is 5. The van der Waals surface area contributed by atoms with Gasteiger partial charge in [0.05, 0.1) is 16.9 Å². The molecule has 3 aromatic rings. The molecule has 7 nitrogen and oxygen atoms in total. The van der Waals surface area contributed by atoms with Gasteiger partial charge in [-0.2, -0.15) is 0 Å². The average Bonchev–Trinajstić information content (AvgIpc) is 3.16. The van der Waals surface area contributed by atoms with Gasteiger partial charge in [-0.1, -0.05) is 23.2 Å². The quantitative estimate of drug-likeness (QED) is 0.579. The molecule has 4 rings (SSSR count). The van der Waals surface area contributed by atoms with Gasteiger partial charge in [0.1, 0.15) is 5.75 Å². The molecule has 2 amide bonds. The summed E-state index contributed by atoms with van der Waals surface area (Å²) in [6, 6.07) is 10.2. The molecule has 0 saturated heterocycles. The van der Waals surface area contributed by atoms with E-state index >= 15 is 0 Å². The number of anilines is 2. The predicted molar refractivity (Wildman–Crippen MR) is 114 cm³/mol. The van der Waals surface area contributed by atoms with Gasteiger partial charge in [-0.15, -0.1) is 0 Å². The minimum atomic E-state index is -0.550. The summed E-state index contributed by atoms with van der Waals surface area (Å²) in [7, 11) is 0. The van der Waals surface area contributed by atoms with Crippen molar-refractivity contribution in [2.45, 2.75) is 25.9 Å². The number of carbonyl (C=O) groups excluding carboxylic acids is 2. The van der Waals surface area contributed by atoms with Crippen molar-refractivity contribution in [2.24, 2.45) is 0 Å². The number of nitrogens with zero attached hydrogens (tertiary/aromatic N) is 1. The highest BCUT2D eigenvalue weighted by atomic mass is 35.5. The number of hydrogen-bond donors (Lipinski definition) is 2. The van der Waals surface area contributed by atoms with Crippen molar-refractivity contribution in [2.75, 3.05) is 10.6 Å². The lowest BCUT2D eigenvalue weighted by atomic mass is 10.2. The maximum absolute atomic E-state index is 12.3. The van der Waals surface area contributed by atoms with Crippen LogP contribution in [0.15, 0.2) is 47.0 Å². The van der Waals surface area contributed by atoms with Crippen molar-refractivity contribution in [3.8, 4) is 17.1 Å². The first kappa shape index (κ1) is 20.3. The number of carbonyl (C=O) groups is 2. The molecule has 1 aliphatic rings. The summed E-state index contributed by atoms with van der Waals surface area (Å²) in [5.41, 5.74) is 1.75. The normalized spacial score (nSPS) is 15.2. The maximum Gasteiger partial charge on any atom is 0.265 e. The van der Waals surface area contributed by atoms with Crippen molar-refractivity contribution in [1.82, 2.24) is 4.98 Å². The van der Waals surface area contributed by atoms with E-state index in [1.165, 1.54) is 0 Å². The molecule has 2 heterocycles. The Hall–Kier alpha value is -3.03. The molecule has 0 radical (unpaired) electrons. The summed E-state index contributed by atoms with van der Waals surface area (Å²) >= 11 is 12.1. The lowest BCUT2D eigenvalue weighted by molar-refractivity contribution is -0.122. The Kier molecular flexibility index (Phi) is 5.65. The van der Waals surface area contributed by atoms with E-state index in [-0.39, 0.29) is 18.2 Å². The van der Waals surface area contributed by atoms with Crippen LogP contribution in [0.1, 0.15) is 19.2 Å². The molecule has 0 aliphatic carbocycles. The summed E-state index contributed by atoms with van der Waals surface area (Å²) in [6.07, 6.45) is 1.51. The van der Waals surface area contributed by atoms with Crippen molar-refractivity contribution in [3.05, 3.63) is 58.5 Å². The third-order valence-corrected chi connectivity index (χ3v) is 5.06. The monoisotopic (exact) mass is 445 g/mol. The molecule has 2 aromatic carbocycles. The van der Waals surface area contributed by atoms with Gasteiger partial charge < -0.3 is 19.8 Å². The van der Waals surface area contributed by atoms with Crippen molar-refractivity contribution in [3.63, 3.8) is 0 Å². The standard InChI is InChI=1S/C21H17Cl2N3O4/c1-11-21(28)26-16-9-13(3-5-17(16)29-11)25-19(27)6-7-20-24-10-18(30-20)14-4-2-12(22)8-15(14)23/h2-5,8-11H,6-7H2,1H3,(H,25,27)(H,26,28)/t11-/m1/s1. The zero-order chi connectivity index (χ0) is 21.3. The zero-order valence-electron chi connectivity index (χ0n) is 15.9. The van der Waals surface area contributed by atoms with Gasteiger partial charge in [-0.05, 0) is 43.3 Å². The van der Waals surface area contributed by atoms with Crippen LogP contribution >= 0.6 is 23.2 Å². The largest absolute Gasteiger partial charge is 0.479 e. The molecule has 1 aromatic heterocycles. The Labute approximate surface area is 182 Å². The Morgan fingerprint density at radius 3 is 2.87 bits per heavy atom. The summed E-state index contributed by atoms with van der Waals surface area (Å²) in [5, 5.41) is 6.53. The lowest BCUT2D eigenvalue weighted by Gasteiger charge is -2.23. The second-order valence-corrected chi connectivity index (χ2v) is 7.59. The van der Waals surface area contributed by atoms with Gasteiger partial charge in [0.25, 0.3) is 5.91 Å². The maximum atomic E-state index is 12.3. The van der Waals surface area contributed by atoms with Gasteiger partial charge in [-0.3, -0.25) is 9.59 Å². The van der Waals surface area contributed by atoms with Crippen LogP contribution < -0.4 is 15.4 Å². The van der Waals surface area contributed by atoms with Gasteiger partial charge in [-0.25, -0.2) is 4.98 Å². The number of nitrogens with one attached hydrogen (secondary N) is 2. The number of ether oxygens (including phenoxy) is 1. The molecule has 0 spiro atoms. The van der Waals surface area contributed by atoms with E-state index in [2.05, 4.69) is 15.6 Å². The fourth-order valence-electron chi connectivity index (χ4n) is 2.97. The van der Waals surface area contributed by atoms with Crippen molar-refractivity contribution in [1.29, 1.82) is 0 Å². The highest BCUT2D eigenvalue weighted by Gasteiger charge is 2.23. The minimum absolute atomic E-state index is 0.172.